The summed E-state index contributed by atoms with van der Waals surface area (Å²) >= 11 is 0. The van der Waals surface area contributed by atoms with Crippen LogP contribution in [0.4, 0.5) is 11.5 Å². The van der Waals surface area contributed by atoms with Gasteiger partial charge in [0.1, 0.15) is 6.61 Å². The lowest BCUT2D eigenvalue weighted by atomic mass is 10.1. The van der Waals surface area contributed by atoms with Gasteiger partial charge in [0.15, 0.2) is 5.82 Å². The van der Waals surface area contributed by atoms with Crippen molar-refractivity contribution >= 4 is 17.7 Å². The maximum atomic E-state index is 6.00. The third kappa shape index (κ3) is 6.72. The minimum absolute atomic E-state index is 0.558. The molecule has 4 rings (SSSR count). The lowest BCUT2D eigenvalue weighted by Crippen LogP contribution is -2.36. The number of morpholine rings is 1. The lowest BCUT2D eigenvalue weighted by molar-refractivity contribution is 0.122. The highest BCUT2D eigenvalue weighted by molar-refractivity contribution is 5.80. The van der Waals surface area contributed by atoms with Gasteiger partial charge in [-0.3, -0.25) is 5.43 Å². The van der Waals surface area contributed by atoms with Crippen LogP contribution in [0.25, 0.3) is 0 Å². The van der Waals surface area contributed by atoms with Gasteiger partial charge in [0.05, 0.1) is 19.4 Å². The van der Waals surface area contributed by atoms with E-state index in [4.69, 9.17) is 9.47 Å². The van der Waals surface area contributed by atoms with E-state index in [1.165, 1.54) is 30.5 Å². The molecule has 2 aliphatic rings. The van der Waals surface area contributed by atoms with Gasteiger partial charge in [0.2, 0.25) is 5.88 Å². The Morgan fingerprint density at radius 2 is 2.09 bits per heavy atom. The van der Waals surface area contributed by atoms with Crippen LogP contribution >= 0.6 is 0 Å². The summed E-state index contributed by atoms with van der Waals surface area (Å²) in [6.45, 7) is 6.56. The number of rotatable bonds is 9. The summed E-state index contributed by atoms with van der Waals surface area (Å²) in [4.78, 5) is 6.90. The number of allylic oxidation sites excluding steroid dienone is 2. The molecule has 1 aromatic carbocycles. The van der Waals surface area contributed by atoms with Gasteiger partial charge in [-0.2, -0.15) is 10.1 Å². The van der Waals surface area contributed by atoms with E-state index in [9.17, 15) is 0 Å². The third-order valence-electron chi connectivity index (χ3n) is 5.59. The van der Waals surface area contributed by atoms with Crippen molar-refractivity contribution < 1.29 is 9.47 Å². The van der Waals surface area contributed by atoms with E-state index in [0.717, 1.165) is 50.5 Å². The molecule has 0 radical (unpaired) electrons. The van der Waals surface area contributed by atoms with Crippen molar-refractivity contribution in [1.29, 1.82) is 0 Å². The first-order chi connectivity index (χ1) is 15.8. The number of anilines is 2. The predicted octanol–water partition coefficient (Wildman–Crippen LogP) is 4.10. The largest absolute Gasteiger partial charge is 0.476 e. The van der Waals surface area contributed by atoms with Crippen molar-refractivity contribution in [3.05, 3.63) is 59.3 Å². The molecule has 1 aromatic heterocycles. The van der Waals surface area contributed by atoms with E-state index in [2.05, 4.69) is 50.9 Å². The molecule has 0 saturated carbocycles. The predicted molar refractivity (Wildman–Crippen MR) is 130 cm³/mol. The molecule has 0 atom stereocenters. The Kier molecular flexibility index (Phi) is 7.98. The van der Waals surface area contributed by atoms with Crippen LogP contribution in [0.2, 0.25) is 0 Å². The van der Waals surface area contributed by atoms with Gasteiger partial charge in [-0.1, -0.05) is 35.9 Å². The van der Waals surface area contributed by atoms with Crippen LogP contribution in [0.3, 0.4) is 0 Å². The summed E-state index contributed by atoms with van der Waals surface area (Å²) in [5.41, 5.74) is 7.72. The molecule has 0 amide bonds. The average molecular weight is 436 g/mol. The van der Waals surface area contributed by atoms with E-state index in [1.807, 2.05) is 24.3 Å². The maximum Gasteiger partial charge on any atom is 0.217 e. The quantitative estimate of drug-likeness (QED) is 0.351. The second-order valence-corrected chi connectivity index (χ2v) is 8.18. The molecule has 7 heteroatoms. The second-order valence-electron chi connectivity index (χ2n) is 8.18. The van der Waals surface area contributed by atoms with Crippen molar-refractivity contribution in [2.45, 2.75) is 32.6 Å². The Morgan fingerprint density at radius 1 is 1.19 bits per heavy atom. The summed E-state index contributed by atoms with van der Waals surface area (Å²) in [5.74, 6) is 1.26. The maximum absolute atomic E-state index is 6.00. The van der Waals surface area contributed by atoms with Crippen LogP contribution in [0.5, 0.6) is 5.88 Å². The zero-order valence-corrected chi connectivity index (χ0v) is 18.8. The molecule has 0 unspecified atom stereocenters. The first kappa shape index (κ1) is 22.1. The first-order valence-corrected chi connectivity index (χ1v) is 11.5. The average Bonchev–Trinajstić information content (AvgIpc) is 2.83. The van der Waals surface area contributed by atoms with Crippen LogP contribution in [-0.2, 0) is 4.74 Å². The van der Waals surface area contributed by atoms with E-state index in [-0.39, 0.29) is 0 Å². The fourth-order valence-corrected chi connectivity index (χ4v) is 3.92. The molecule has 1 fully saturated rings. The van der Waals surface area contributed by atoms with Crippen LogP contribution in [0, 0.1) is 6.92 Å². The normalized spacial score (nSPS) is 16.7. The van der Waals surface area contributed by atoms with Gasteiger partial charge >= 0.3 is 0 Å². The summed E-state index contributed by atoms with van der Waals surface area (Å²) in [5, 5.41) is 7.87. The number of hydrogen-bond donors (Lipinski definition) is 2. The van der Waals surface area contributed by atoms with Crippen LogP contribution < -0.4 is 20.4 Å². The minimum atomic E-state index is 0.558. The molecule has 170 valence electrons. The molecular weight excluding hydrogens is 402 g/mol. The molecule has 32 heavy (non-hydrogen) atoms. The molecule has 2 heterocycles. The zero-order valence-electron chi connectivity index (χ0n) is 18.8. The number of hydrazone groups is 1. The Balaban J connectivity index is 1.40. The van der Waals surface area contributed by atoms with Gasteiger partial charge in [0, 0.05) is 43.2 Å². The molecule has 0 bridgehead atoms. The lowest BCUT2D eigenvalue weighted by Gasteiger charge is -2.29. The number of pyridine rings is 1. The number of aromatic nitrogens is 1. The molecule has 1 aliphatic heterocycles. The van der Waals surface area contributed by atoms with Gasteiger partial charge in [-0.25, -0.2) is 0 Å². The first-order valence-electron chi connectivity index (χ1n) is 11.5. The van der Waals surface area contributed by atoms with Crippen molar-refractivity contribution in [3.8, 4) is 5.88 Å². The number of hydrogen-bond acceptors (Lipinski definition) is 7. The van der Waals surface area contributed by atoms with Crippen LogP contribution in [-0.4, -0.2) is 50.7 Å². The Morgan fingerprint density at radius 3 is 2.91 bits per heavy atom. The van der Waals surface area contributed by atoms with Gasteiger partial charge < -0.3 is 19.7 Å². The van der Waals surface area contributed by atoms with E-state index in [1.54, 1.807) is 6.21 Å². The topological polar surface area (TPSA) is 71.0 Å². The van der Waals surface area contributed by atoms with E-state index >= 15 is 0 Å². The summed E-state index contributed by atoms with van der Waals surface area (Å²) in [6, 6.07) is 12.2. The van der Waals surface area contributed by atoms with Crippen molar-refractivity contribution in [2.75, 3.05) is 49.8 Å². The fourth-order valence-electron chi connectivity index (χ4n) is 3.92. The van der Waals surface area contributed by atoms with Crippen molar-refractivity contribution in [1.82, 2.24) is 10.3 Å². The van der Waals surface area contributed by atoms with Crippen molar-refractivity contribution in [3.63, 3.8) is 0 Å². The Bertz CT molecular complexity index is 938. The molecular formula is C25H33N5O2. The number of benzene rings is 1. The van der Waals surface area contributed by atoms with Gasteiger partial charge in [0.25, 0.3) is 0 Å². The number of nitrogens with one attached hydrogen (secondary N) is 2. The minimum Gasteiger partial charge on any atom is -0.476 e. The van der Waals surface area contributed by atoms with Crippen molar-refractivity contribution in [2.24, 2.45) is 5.10 Å². The number of aryl methyl sites for hydroxylation is 1. The zero-order chi connectivity index (χ0) is 22.0. The van der Waals surface area contributed by atoms with E-state index < -0.39 is 0 Å². The Labute approximate surface area is 190 Å². The summed E-state index contributed by atoms with van der Waals surface area (Å²) in [7, 11) is 0. The molecule has 7 nitrogen and oxygen atoms in total. The third-order valence-corrected chi connectivity index (χ3v) is 5.59. The standard InChI is InChI=1S/C25H33N5O2/c1-20-6-5-7-21(16-20)19-27-29-24-17-23(30-11-14-31-15-12-30)18-25(28-24)32-13-10-26-22-8-3-2-4-9-22/h5-8,16-19,26H,2-4,9-15H2,1H3,(H,28,29)/b27-19+. The molecule has 2 N–H and O–H groups in total. The smallest absolute Gasteiger partial charge is 0.217 e. The molecule has 0 spiro atoms. The van der Waals surface area contributed by atoms with Gasteiger partial charge in [-0.15, -0.1) is 0 Å². The summed E-state index contributed by atoms with van der Waals surface area (Å²) < 4.78 is 11.5. The van der Waals surface area contributed by atoms with E-state index in [0.29, 0.717) is 18.3 Å². The monoisotopic (exact) mass is 435 g/mol. The summed E-state index contributed by atoms with van der Waals surface area (Å²) in [6.07, 6.45) is 8.97. The SMILES string of the molecule is Cc1cccc(/C=N/Nc2cc(N3CCOCC3)cc(OCCNC3=CCCCC3)n2)c1. The highest BCUT2D eigenvalue weighted by Gasteiger charge is 2.14. The molecule has 1 saturated heterocycles. The van der Waals surface area contributed by atoms with Crippen LogP contribution in [0.15, 0.2) is 53.3 Å². The molecule has 1 aliphatic carbocycles. The molecule has 2 aromatic rings. The highest BCUT2D eigenvalue weighted by Crippen LogP contribution is 2.25. The Hall–Kier alpha value is -3.06. The number of nitrogens with zero attached hydrogens (tertiary/aromatic N) is 3. The highest BCUT2D eigenvalue weighted by atomic mass is 16.5. The second kappa shape index (κ2) is 11.5. The van der Waals surface area contributed by atoms with Crippen LogP contribution in [0.1, 0.15) is 36.8 Å². The number of ether oxygens (including phenoxy) is 2. The fraction of sp³-hybridized carbons (Fsp3) is 0.440. The van der Waals surface area contributed by atoms with Gasteiger partial charge in [-0.05, 0) is 38.2 Å².